The summed E-state index contributed by atoms with van der Waals surface area (Å²) in [5, 5.41) is 0. The molecule has 12 heavy (non-hydrogen) atoms. The van der Waals surface area contributed by atoms with Crippen LogP contribution in [0.15, 0.2) is 0 Å². The second-order valence-corrected chi connectivity index (χ2v) is 2.28. The molecule has 2 saturated heterocycles. The van der Waals surface area contributed by atoms with E-state index in [9.17, 15) is 0 Å². The Bertz CT molecular complexity index is 112. The first kappa shape index (κ1) is 8.36. The van der Waals surface area contributed by atoms with Crippen LogP contribution in [-0.2, 0) is 28.4 Å². The molecule has 0 aromatic heterocycles. The lowest BCUT2D eigenvalue weighted by atomic mass is 10.6. The Kier molecular flexibility index (Phi) is 2.88. The molecular weight excluding hydrogens is 168 g/mol. The van der Waals surface area contributed by atoms with Crippen molar-refractivity contribution in [2.24, 2.45) is 0 Å². The highest BCUT2D eigenvalue weighted by Crippen LogP contribution is 2.14. The van der Waals surface area contributed by atoms with Crippen molar-refractivity contribution in [3.05, 3.63) is 0 Å². The predicted octanol–water partition coefficient (Wildman–Crippen LogP) is -0.405. The van der Waals surface area contributed by atoms with Gasteiger partial charge in [0.05, 0.1) is 0 Å². The van der Waals surface area contributed by atoms with Gasteiger partial charge in [0.15, 0.2) is 27.2 Å². The van der Waals surface area contributed by atoms with Crippen molar-refractivity contribution in [2.45, 2.75) is 12.6 Å². The standard InChI is InChI=1S/C6H10O6/c1-7-2-10-5(9-1)6-11-3-8-4-12-6/h5-6H,1-4H2. The molecule has 0 aliphatic carbocycles. The fraction of sp³-hybridized carbons (Fsp3) is 1.00. The van der Waals surface area contributed by atoms with Crippen LogP contribution in [0.5, 0.6) is 0 Å². The van der Waals surface area contributed by atoms with Crippen molar-refractivity contribution < 1.29 is 28.4 Å². The average Bonchev–Trinajstić information content (AvgIpc) is 2.21. The van der Waals surface area contributed by atoms with Crippen molar-refractivity contribution in [3.8, 4) is 0 Å². The van der Waals surface area contributed by atoms with Crippen LogP contribution < -0.4 is 0 Å². The highest BCUT2D eigenvalue weighted by atomic mass is 16.9. The van der Waals surface area contributed by atoms with Crippen LogP contribution in [0, 0.1) is 0 Å². The first-order valence-corrected chi connectivity index (χ1v) is 3.59. The number of ether oxygens (including phenoxy) is 6. The van der Waals surface area contributed by atoms with Crippen molar-refractivity contribution in [2.75, 3.05) is 27.2 Å². The molecule has 70 valence electrons. The van der Waals surface area contributed by atoms with Gasteiger partial charge in [-0.3, -0.25) is 0 Å². The van der Waals surface area contributed by atoms with Crippen LogP contribution >= 0.6 is 0 Å². The Balaban J connectivity index is 1.80. The minimum atomic E-state index is -0.511. The lowest BCUT2D eigenvalue weighted by Gasteiger charge is -2.31. The Morgan fingerprint density at radius 1 is 0.583 bits per heavy atom. The third-order valence-corrected chi connectivity index (χ3v) is 1.48. The smallest absolute Gasteiger partial charge is 0.214 e. The van der Waals surface area contributed by atoms with Crippen molar-refractivity contribution >= 4 is 0 Å². The van der Waals surface area contributed by atoms with E-state index in [-0.39, 0.29) is 27.2 Å². The molecule has 2 heterocycles. The van der Waals surface area contributed by atoms with E-state index in [2.05, 4.69) is 0 Å². The van der Waals surface area contributed by atoms with Gasteiger partial charge in [-0.15, -0.1) is 0 Å². The zero-order valence-electron chi connectivity index (χ0n) is 6.43. The summed E-state index contributed by atoms with van der Waals surface area (Å²) in [6.07, 6.45) is -1.02. The molecule has 2 aliphatic heterocycles. The highest BCUT2D eigenvalue weighted by Gasteiger charge is 2.29. The van der Waals surface area contributed by atoms with Crippen LogP contribution in [0.1, 0.15) is 0 Å². The molecular formula is C6H10O6. The fourth-order valence-electron chi connectivity index (χ4n) is 0.939. The first-order valence-electron chi connectivity index (χ1n) is 3.59. The van der Waals surface area contributed by atoms with Gasteiger partial charge >= 0.3 is 0 Å². The largest absolute Gasteiger partial charge is 0.329 e. The second kappa shape index (κ2) is 4.13. The van der Waals surface area contributed by atoms with Gasteiger partial charge in [-0.2, -0.15) is 0 Å². The average molecular weight is 178 g/mol. The molecule has 0 N–H and O–H groups in total. The summed E-state index contributed by atoms with van der Waals surface area (Å²) in [6, 6.07) is 0. The summed E-state index contributed by atoms with van der Waals surface area (Å²) in [5.41, 5.74) is 0. The van der Waals surface area contributed by atoms with E-state index < -0.39 is 12.6 Å². The van der Waals surface area contributed by atoms with Crippen molar-refractivity contribution in [1.29, 1.82) is 0 Å². The van der Waals surface area contributed by atoms with Gasteiger partial charge in [0.25, 0.3) is 0 Å². The lowest BCUT2D eigenvalue weighted by molar-refractivity contribution is -0.402. The molecule has 0 atom stereocenters. The Morgan fingerprint density at radius 2 is 0.917 bits per heavy atom. The summed E-state index contributed by atoms with van der Waals surface area (Å²) < 4.78 is 29.9. The molecule has 0 spiro atoms. The zero-order valence-corrected chi connectivity index (χ0v) is 6.43. The van der Waals surface area contributed by atoms with Gasteiger partial charge in [0.2, 0.25) is 12.6 Å². The van der Waals surface area contributed by atoms with Gasteiger partial charge in [-0.05, 0) is 0 Å². The molecule has 0 saturated carbocycles. The molecule has 0 unspecified atom stereocenters. The maximum absolute atomic E-state index is 5.07. The van der Waals surface area contributed by atoms with Crippen LogP contribution in [0.2, 0.25) is 0 Å². The highest BCUT2D eigenvalue weighted by molar-refractivity contribution is 4.51. The molecule has 0 radical (unpaired) electrons. The number of hydrogen-bond donors (Lipinski definition) is 0. The van der Waals surface area contributed by atoms with E-state index >= 15 is 0 Å². The van der Waals surface area contributed by atoms with E-state index in [1.165, 1.54) is 0 Å². The molecule has 0 bridgehead atoms. The minimum absolute atomic E-state index is 0.203. The summed E-state index contributed by atoms with van der Waals surface area (Å²) in [5.74, 6) is 0. The summed E-state index contributed by atoms with van der Waals surface area (Å²) in [6.45, 7) is 0.812. The molecule has 6 nitrogen and oxygen atoms in total. The molecule has 6 heteroatoms. The summed E-state index contributed by atoms with van der Waals surface area (Å²) >= 11 is 0. The predicted molar refractivity (Wildman–Crippen MR) is 33.6 cm³/mol. The fourth-order valence-corrected chi connectivity index (χ4v) is 0.939. The number of hydrogen-bond acceptors (Lipinski definition) is 6. The maximum Gasteiger partial charge on any atom is 0.214 e. The molecule has 2 fully saturated rings. The van der Waals surface area contributed by atoms with Gasteiger partial charge in [-0.25, -0.2) is 0 Å². The van der Waals surface area contributed by atoms with Crippen LogP contribution in [0.25, 0.3) is 0 Å². The van der Waals surface area contributed by atoms with Crippen LogP contribution in [-0.4, -0.2) is 39.8 Å². The Hall–Kier alpha value is -0.240. The third kappa shape index (κ3) is 1.92. The van der Waals surface area contributed by atoms with Crippen LogP contribution in [0.4, 0.5) is 0 Å². The van der Waals surface area contributed by atoms with E-state index in [0.717, 1.165) is 0 Å². The van der Waals surface area contributed by atoms with Gasteiger partial charge in [-0.1, -0.05) is 0 Å². The van der Waals surface area contributed by atoms with Crippen LogP contribution in [0.3, 0.4) is 0 Å². The molecule has 0 aromatic carbocycles. The van der Waals surface area contributed by atoms with E-state index in [4.69, 9.17) is 28.4 Å². The first-order chi connectivity index (χ1) is 5.97. The topological polar surface area (TPSA) is 55.4 Å². The molecule has 0 aromatic rings. The van der Waals surface area contributed by atoms with E-state index in [1.807, 2.05) is 0 Å². The maximum atomic E-state index is 5.07. The van der Waals surface area contributed by atoms with Gasteiger partial charge in [0.1, 0.15) is 0 Å². The van der Waals surface area contributed by atoms with Crippen molar-refractivity contribution in [3.63, 3.8) is 0 Å². The third-order valence-electron chi connectivity index (χ3n) is 1.48. The molecule has 2 aliphatic rings. The zero-order chi connectivity index (χ0) is 8.23. The molecule has 0 amide bonds. The van der Waals surface area contributed by atoms with E-state index in [1.54, 1.807) is 0 Å². The summed E-state index contributed by atoms with van der Waals surface area (Å²) in [7, 11) is 0. The number of rotatable bonds is 1. The van der Waals surface area contributed by atoms with Crippen molar-refractivity contribution in [1.82, 2.24) is 0 Å². The molecule has 2 rings (SSSR count). The van der Waals surface area contributed by atoms with Gasteiger partial charge < -0.3 is 28.4 Å². The Morgan fingerprint density at radius 3 is 1.25 bits per heavy atom. The van der Waals surface area contributed by atoms with Gasteiger partial charge in [0, 0.05) is 0 Å². The quantitative estimate of drug-likeness (QED) is 0.544. The normalized spacial score (nSPS) is 29.0. The monoisotopic (exact) mass is 178 g/mol. The second-order valence-electron chi connectivity index (χ2n) is 2.28. The lowest BCUT2D eigenvalue weighted by Crippen LogP contribution is -2.43. The minimum Gasteiger partial charge on any atom is -0.329 e. The van der Waals surface area contributed by atoms with E-state index in [0.29, 0.717) is 0 Å². The SMILES string of the molecule is C1OCOC(C2OCOCO2)O1. The Labute approximate surface area is 69.2 Å². The summed E-state index contributed by atoms with van der Waals surface area (Å²) in [4.78, 5) is 0.